The van der Waals surface area contributed by atoms with Crippen molar-refractivity contribution in [2.75, 3.05) is 20.3 Å². The molecule has 7 atom stereocenters. The van der Waals surface area contributed by atoms with Crippen molar-refractivity contribution in [2.45, 2.75) is 44.5 Å². The van der Waals surface area contributed by atoms with Crippen molar-refractivity contribution in [1.82, 2.24) is 0 Å². The predicted octanol–water partition coefficient (Wildman–Crippen LogP) is 0.986. The second kappa shape index (κ2) is 5.62. The van der Waals surface area contributed by atoms with Crippen molar-refractivity contribution in [3.63, 3.8) is 0 Å². The van der Waals surface area contributed by atoms with E-state index in [9.17, 15) is 9.90 Å². The van der Waals surface area contributed by atoms with Crippen LogP contribution in [0.2, 0.25) is 0 Å². The monoisotopic (exact) mass is 284 g/mol. The molecule has 5 heteroatoms. The Bertz CT molecular complexity index is 371. The maximum Gasteiger partial charge on any atom is 0.332 e. The van der Waals surface area contributed by atoms with Crippen molar-refractivity contribution >= 4 is 5.97 Å². The van der Waals surface area contributed by atoms with Crippen molar-refractivity contribution in [2.24, 2.45) is 23.7 Å². The molecule has 0 radical (unpaired) electrons. The Labute approximate surface area is 119 Å². The first-order valence-electron chi connectivity index (χ1n) is 7.64. The van der Waals surface area contributed by atoms with Crippen LogP contribution in [-0.4, -0.2) is 49.7 Å². The molecule has 0 spiro atoms. The Balaban J connectivity index is 1.67. The number of carbonyl (C=O) groups is 1. The molecule has 2 aliphatic carbocycles. The van der Waals surface area contributed by atoms with Crippen LogP contribution in [0.1, 0.15) is 26.2 Å². The van der Waals surface area contributed by atoms with Crippen LogP contribution < -0.4 is 0 Å². The molecule has 2 saturated carbocycles. The molecule has 20 heavy (non-hydrogen) atoms. The first kappa shape index (κ1) is 14.3. The van der Waals surface area contributed by atoms with Gasteiger partial charge in [0.15, 0.2) is 0 Å². The van der Waals surface area contributed by atoms with Crippen molar-refractivity contribution in [3.05, 3.63) is 0 Å². The molecule has 0 unspecified atom stereocenters. The average Bonchev–Trinajstić information content (AvgIpc) is 3.34. The van der Waals surface area contributed by atoms with Crippen molar-refractivity contribution in [3.8, 4) is 0 Å². The van der Waals surface area contributed by atoms with Gasteiger partial charge in [0, 0.05) is 25.6 Å². The van der Waals surface area contributed by atoms with Gasteiger partial charge < -0.3 is 19.3 Å². The molecule has 1 N–H and O–H groups in total. The zero-order valence-corrected chi connectivity index (χ0v) is 12.2. The smallest absolute Gasteiger partial charge is 0.332 e. The number of hydrogen-bond donors (Lipinski definition) is 1. The van der Waals surface area contributed by atoms with Crippen LogP contribution in [0.4, 0.5) is 0 Å². The highest BCUT2D eigenvalue weighted by molar-refractivity contribution is 5.71. The van der Waals surface area contributed by atoms with E-state index in [4.69, 9.17) is 14.2 Å². The second-order valence-corrected chi connectivity index (χ2v) is 6.34. The first-order valence-corrected chi connectivity index (χ1v) is 7.64. The SMILES string of the molecule is CC[C@@H]1C[C@H]1[C@H](OC(=O)COC)[C@@H]1C[C@@H]2O[C@@H]2[C@H]1CO. The molecule has 1 heterocycles. The molecule has 3 rings (SSSR count). The van der Waals surface area contributed by atoms with Gasteiger partial charge in [-0.25, -0.2) is 4.79 Å². The van der Waals surface area contributed by atoms with E-state index in [1.54, 1.807) is 0 Å². The van der Waals surface area contributed by atoms with Gasteiger partial charge in [0.05, 0.1) is 12.2 Å². The summed E-state index contributed by atoms with van der Waals surface area (Å²) in [6, 6.07) is 0. The number of ether oxygens (including phenoxy) is 3. The summed E-state index contributed by atoms with van der Waals surface area (Å²) < 4.78 is 16.1. The summed E-state index contributed by atoms with van der Waals surface area (Å²) in [6.45, 7) is 2.30. The van der Waals surface area contributed by atoms with Crippen LogP contribution in [0, 0.1) is 23.7 Å². The van der Waals surface area contributed by atoms with Gasteiger partial charge in [-0.3, -0.25) is 0 Å². The van der Waals surface area contributed by atoms with Crippen molar-refractivity contribution < 1.29 is 24.1 Å². The maximum absolute atomic E-state index is 11.8. The van der Waals surface area contributed by atoms with Crippen LogP contribution in [-0.2, 0) is 19.0 Å². The highest BCUT2D eigenvalue weighted by atomic mass is 16.6. The lowest BCUT2D eigenvalue weighted by Crippen LogP contribution is -2.36. The van der Waals surface area contributed by atoms with Crippen LogP contribution in [0.25, 0.3) is 0 Å². The normalized spacial score (nSPS) is 43.0. The van der Waals surface area contributed by atoms with E-state index in [0.29, 0.717) is 11.8 Å². The number of aliphatic hydroxyl groups is 1. The zero-order valence-electron chi connectivity index (χ0n) is 12.2. The highest BCUT2D eigenvalue weighted by Crippen LogP contribution is 2.55. The predicted molar refractivity (Wildman–Crippen MR) is 71.0 cm³/mol. The molecule has 0 aromatic heterocycles. The summed E-state index contributed by atoms with van der Waals surface area (Å²) in [5.41, 5.74) is 0. The quantitative estimate of drug-likeness (QED) is 0.557. The molecule has 1 aliphatic heterocycles. The van der Waals surface area contributed by atoms with E-state index in [-0.39, 0.29) is 49.3 Å². The molecule has 5 nitrogen and oxygen atoms in total. The van der Waals surface area contributed by atoms with Crippen LogP contribution in [0.5, 0.6) is 0 Å². The van der Waals surface area contributed by atoms with E-state index in [0.717, 1.165) is 19.3 Å². The van der Waals surface area contributed by atoms with E-state index in [1.165, 1.54) is 7.11 Å². The largest absolute Gasteiger partial charge is 0.460 e. The Kier molecular flexibility index (Phi) is 4.02. The number of hydrogen-bond acceptors (Lipinski definition) is 5. The third-order valence-electron chi connectivity index (χ3n) is 5.18. The Morgan fingerprint density at radius 1 is 1.40 bits per heavy atom. The Morgan fingerprint density at radius 2 is 2.20 bits per heavy atom. The van der Waals surface area contributed by atoms with Crippen LogP contribution >= 0.6 is 0 Å². The van der Waals surface area contributed by atoms with E-state index < -0.39 is 0 Å². The van der Waals surface area contributed by atoms with Crippen LogP contribution in [0.3, 0.4) is 0 Å². The summed E-state index contributed by atoms with van der Waals surface area (Å²) in [7, 11) is 1.50. The second-order valence-electron chi connectivity index (χ2n) is 6.34. The van der Waals surface area contributed by atoms with Crippen molar-refractivity contribution in [1.29, 1.82) is 0 Å². The third kappa shape index (κ3) is 2.59. The number of aliphatic hydroxyl groups excluding tert-OH is 1. The fourth-order valence-electron chi connectivity index (χ4n) is 3.97. The summed E-state index contributed by atoms with van der Waals surface area (Å²) in [5, 5.41) is 9.60. The number of rotatable bonds is 7. The molecule has 1 saturated heterocycles. The first-order chi connectivity index (χ1) is 9.69. The topological polar surface area (TPSA) is 68.3 Å². The maximum atomic E-state index is 11.8. The lowest BCUT2D eigenvalue weighted by atomic mass is 9.87. The molecule has 0 aromatic rings. The van der Waals surface area contributed by atoms with Gasteiger partial charge in [0.2, 0.25) is 0 Å². The molecule has 0 bridgehead atoms. The van der Waals surface area contributed by atoms with E-state index in [1.807, 2.05) is 0 Å². The molecule has 3 fully saturated rings. The summed E-state index contributed by atoms with van der Waals surface area (Å²) in [4.78, 5) is 11.8. The summed E-state index contributed by atoms with van der Waals surface area (Å²) in [5.74, 6) is 1.19. The van der Waals surface area contributed by atoms with E-state index >= 15 is 0 Å². The van der Waals surface area contributed by atoms with Gasteiger partial charge in [0.1, 0.15) is 12.7 Å². The zero-order chi connectivity index (χ0) is 14.3. The molecule has 3 aliphatic rings. The fourth-order valence-corrected chi connectivity index (χ4v) is 3.97. The summed E-state index contributed by atoms with van der Waals surface area (Å²) in [6.07, 6.45) is 3.56. The molecule has 114 valence electrons. The minimum absolute atomic E-state index is 0.000119. The number of esters is 1. The number of carbonyl (C=O) groups excluding carboxylic acids is 1. The minimum Gasteiger partial charge on any atom is -0.460 e. The molecule has 0 aromatic carbocycles. The summed E-state index contributed by atoms with van der Waals surface area (Å²) >= 11 is 0. The van der Waals surface area contributed by atoms with Gasteiger partial charge in [0.25, 0.3) is 0 Å². The van der Waals surface area contributed by atoms with Gasteiger partial charge in [-0.1, -0.05) is 13.3 Å². The van der Waals surface area contributed by atoms with E-state index in [2.05, 4.69) is 6.92 Å². The lowest BCUT2D eigenvalue weighted by molar-refractivity contribution is -0.160. The number of fused-ring (bicyclic) bond motifs is 1. The molecular weight excluding hydrogens is 260 g/mol. The van der Waals surface area contributed by atoms with Gasteiger partial charge in [-0.2, -0.15) is 0 Å². The van der Waals surface area contributed by atoms with Gasteiger partial charge in [-0.05, 0) is 24.7 Å². The number of epoxide rings is 1. The molecule has 0 amide bonds. The molecular formula is C15H24O5. The fraction of sp³-hybridized carbons (Fsp3) is 0.933. The average molecular weight is 284 g/mol. The number of methoxy groups -OCH3 is 1. The standard InChI is InChI=1S/C15H24O5/c1-3-8-4-9(8)14(20-13(17)7-18-2)10-5-12-15(19-12)11(10)6-16/h8-12,14-16H,3-7H2,1-2H3/t8-,9-,10-,11+,12+,14+,15-/m1/s1. The minimum atomic E-state index is -0.294. The van der Waals surface area contributed by atoms with Crippen LogP contribution in [0.15, 0.2) is 0 Å². The van der Waals surface area contributed by atoms with Gasteiger partial charge in [-0.15, -0.1) is 0 Å². The third-order valence-corrected chi connectivity index (χ3v) is 5.18. The Morgan fingerprint density at radius 3 is 2.80 bits per heavy atom. The van der Waals surface area contributed by atoms with Gasteiger partial charge >= 0.3 is 5.97 Å². The Hall–Kier alpha value is -0.650. The lowest BCUT2D eigenvalue weighted by Gasteiger charge is -2.29. The highest BCUT2D eigenvalue weighted by Gasteiger charge is 2.60.